The van der Waals surface area contributed by atoms with Crippen LogP contribution in [0.15, 0.2) is 53.8 Å². The van der Waals surface area contributed by atoms with E-state index in [9.17, 15) is 13.2 Å². The summed E-state index contributed by atoms with van der Waals surface area (Å²) >= 11 is 0. The summed E-state index contributed by atoms with van der Waals surface area (Å²) in [6, 6.07) is 13.7. The van der Waals surface area contributed by atoms with Crippen molar-refractivity contribution in [2.24, 2.45) is 22.7 Å². The Morgan fingerprint density at radius 3 is 2.38 bits per heavy atom. The lowest BCUT2D eigenvalue weighted by Gasteiger charge is -2.32. The molecule has 0 spiro atoms. The largest absolute Gasteiger partial charge is 0.401 e. The Hall–Kier alpha value is -3.04. The highest BCUT2D eigenvalue weighted by Gasteiger charge is 2.32. The molecule has 6 N–H and O–H groups in total. The Labute approximate surface area is 198 Å². The maximum Gasteiger partial charge on any atom is 0.401 e. The summed E-state index contributed by atoms with van der Waals surface area (Å²) in [5.74, 6) is 11.2. The van der Waals surface area contributed by atoms with Gasteiger partial charge >= 0.3 is 6.18 Å². The lowest BCUT2D eigenvalue weighted by Crippen LogP contribution is -2.40. The molecule has 1 saturated heterocycles. The van der Waals surface area contributed by atoms with Crippen LogP contribution in [0.2, 0.25) is 0 Å². The van der Waals surface area contributed by atoms with Crippen molar-refractivity contribution < 1.29 is 13.2 Å². The van der Waals surface area contributed by atoms with Gasteiger partial charge in [-0.1, -0.05) is 36.4 Å². The fraction of sp³-hybridized carbons (Fsp3) is 0.400. The lowest BCUT2D eigenvalue weighted by molar-refractivity contribution is -0.148. The van der Waals surface area contributed by atoms with E-state index in [1.54, 1.807) is 0 Å². The first-order chi connectivity index (χ1) is 16.2. The Morgan fingerprint density at radius 1 is 1.12 bits per heavy atom. The minimum Gasteiger partial charge on any atom is -0.361 e. The highest BCUT2D eigenvalue weighted by atomic mass is 19.4. The number of aryl methyl sites for hydroxylation is 2. The van der Waals surface area contributed by atoms with Crippen molar-refractivity contribution in [2.75, 3.05) is 19.6 Å². The molecule has 9 heteroatoms. The van der Waals surface area contributed by atoms with Crippen molar-refractivity contribution in [3.63, 3.8) is 0 Å². The summed E-state index contributed by atoms with van der Waals surface area (Å²) in [6.07, 6.45) is 0.523. The second-order valence-electron chi connectivity index (χ2n) is 8.78. The van der Waals surface area contributed by atoms with E-state index in [2.05, 4.69) is 41.5 Å². The molecule has 0 amide bonds. The van der Waals surface area contributed by atoms with Gasteiger partial charge in [0.25, 0.3) is 0 Å². The third-order valence-corrected chi connectivity index (χ3v) is 6.29. The molecule has 0 unspecified atom stereocenters. The number of aromatic amines is 1. The number of nitrogens with two attached hydrogens (primary N) is 2. The zero-order chi connectivity index (χ0) is 24.7. The standard InChI is InChI=1S/C18H23F3N2.C7H10N4/c1-12-9-13(2)17-15(3-6-22-17)16(12)10-14-4-7-23(8-5-14)11-18(19,20)21;8-10-7(11-9)6-4-2-1-3-5-6/h3,6,9,14,22H,4-5,7-8,10-11H2,1-2H3;1-5H,8-9H2,(H,10,11). The normalized spacial score (nSPS) is 15.8. The van der Waals surface area contributed by atoms with Crippen LogP contribution >= 0.6 is 0 Å². The zero-order valence-corrected chi connectivity index (χ0v) is 19.6. The molecule has 0 aliphatic carbocycles. The second-order valence-corrected chi connectivity index (χ2v) is 8.78. The molecule has 184 valence electrons. The monoisotopic (exact) mass is 474 g/mol. The average molecular weight is 475 g/mol. The summed E-state index contributed by atoms with van der Waals surface area (Å²) in [4.78, 5) is 4.82. The van der Waals surface area contributed by atoms with Gasteiger partial charge in [-0.2, -0.15) is 18.3 Å². The van der Waals surface area contributed by atoms with Crippen molar-refractivity contribution in [3.05, 3.63) is 70.9 Å². The van der Waals surface area contributed by atoms with Gasteiger partial charge in [0, 0.05) is 22.7 Å². The topological polar surface area (TPSA) is 95.5 Å². The molecule has 34 heavy (non-hydrogen) atoms. The molecule has 0 saturated carbocycles. The van der Waals surface area contributed by atoms with Gasteiger partial charge in [-0.05, 0) is 74.9 Å². The number of nitrogens with zero attached hydrogens (tertiary/aromatic N) is 2. The maximum absolute atomic E-state index is 12.5. The Morgan fingerprint density at radius 2 is 1.79 bits per heavy atom. The molecular weight excluding hydrogens is 441 g/mol. The number of H-pyrrole nitrogens is 1. The van der Waals surface area contributed by atoms with Crippen molar-refractivity contribution in [1.82, 2.24) is 15.3 Å². The van der Waals surface area contributed by atoms with E-state index >= 15 is 0 Å². The summed E-state index contributed by atoms with van der Waals surface area (Å²) in [7, 11) is 0. The van der Waals surface area contributed by atoms with Crippen LogP contribution in [0.3, 0.4) is 0 Å². The first-order valence-corrected chi connectivity index (χ1v) is 11.4. The SMILES string of the molecule is Cc1cc(C)c2[nH]ccc2c1CC1CCN(CC(F)(F)F)CC1.N/N=C(\NN)c1ccccc1. The zero-order valence-electron chi connectivity index (χ0n) is 19.6. The number of aromatic nitrogens is 1. The molecule has 2 aromatic carbocycles. The Balaban J connectivity index is 0.000000248. The van der Waals surface area contributed by atoms with E-state index in [1.165, 1.54) is 32.5 Å². The molecule has 1 aromatic heterocycles. The van der Waals surface area contributed by atoms with Gasteiger partial charge in [-0.15, -0.1) is 0 Å². The highest BCUT2D eigenvalue weighted by Crippen LogP contribution is 2.30. The summed E-state index contributed by atoms with van der Waals surface area (Å²) < 4.78 is 37.4. The van der Waals surface area contributed by atoms with Crippen LogP contribution in [0.5, 0.6) is 0 Å². The van der Waals surface area contributed by atoms with E-state index in [1.807, 2.05) is 36.5 Å². The number of hydrogen-bond donors (Lipinski definition) is 4. The number of hydrogen-bond acceptors (Lipinski definition) is 4. The Kier molecular flexibility index (Phi) is 8.57. The number of hydrazine groups is 1. The van der Waals surface area contributed by atoms with Crippen LogP contribution in [0.1, 0.15) is 35.1 Å². The molecular formula is C25H33F3N6. The number of rotatable bonds is 4. The smallest absolute Gasteiger partial charge is 0.361 e. The predicted molar refractivity (Wildman–Crippen MR) is 131 cm³/mol. The summed E-state index contributed by atoms with van der Waals surface area (Å²) in [5, 5.41) is 4.72. The van der Waals surface area contributed by atoms with E-state index in [0.29, 0.717) is 24.8 Å². The second kappa shape index (κ2) is 11.4. The number of hydrazone groups is 1. The number of benzene rings is 2. The molecule has 1 fully saturated rings. The van der Waals surface area contributed by atoms with Crippen LogP contribution in [-0.2, 0) is 6.42 Å². The molecule has 6 nitrogen and oxygen atoms in total. The summed E-state index contributed by atoms with van der Waals surface area (Å²) in [6.45, 7) is 4.56. The fourth-order valence-corrected chi connectivity index (χ4v) is 4.60. The number of nitrogens with one attached hydrogen (secondary N) is 2. The number of likely N-dealkylation sites (tertiary alicyclic amines) is 1. The minimum atomic E-state index is -4.09. The number of halogens is 3. The van der Waals surface area contributed by atoms with E-state index in [0.717, 1.165) is 24.8 Å². The van der Waals surface area contributed by atoms with Gasteiger partial charge in [0.05, 0.1) is 6.54 Å². The van der Waals surface area contributed by atoms with E-state index in [4.69, 9.17) is 11.7 Å². The fourth-order valence-electron chi connectivity index (χ4n) is 4.60. The third kappa shape index (κ3) is 6.74. The summed E-state index contributed by atoms with van der Waals surface area (Å²) in [5.41, 5.74) is 8.32. The number of piperidine rings is 1. The van der Waals surface area contributed by atoms with Crippen LogP contribution < -0.4 is 17.1 Å². The third-order valence-electron chi connectivity index (χ3n) is 6.29. The highest BCUT2D eigenvalue weighted by molar-refractivity contribution is 5.98. The average Bonchev–Trinajstić information content (AvgIpc) is 3.29. The van der Waals surface area contributed by atoms with Gasteiger partial charge < -0.3 is 16.3 Å². The molecule has 3 aromatic rings. The van der Waals surface area contributed by atoms with Gasteiger partial charge in [0.1, 0.15) is 0 Å². The lowest BCUT2D eigenvalue weighted by atomic mass is 9.86. The van der Waals surface area contributed by atoms with Gasteiger partial charge in [-0.25, -0.2) is 5.84 Å². The van der Waals surface area contributed by atoms with Crippen LogP contribution in [0.4, 0.5) is 13.2 Å². The number of amidine groups is 1. The molecule has 0 atom stereocenters. The van der Waals surface area contributed by atoms with Crippen molar-refractivity contribution >= 4 is 16.7 Å². The molecule has 2 heterocycles. The van der Waals surface area contributed by atoms with Crippen molar-refractivity contribution in [3.8, 4) is 0 Å². The van der Waals surface area contributed by atoms with Crippen molar-refractivity contribution in [1.29, 1.82) is 0 Å². The van der Waals surface area contributed by atoms with Gasteiger partial charge in [-0.3, -0.25) is 4.90 Å². The van der Waals surface area contributed by atoms with E-state index in [-0.39, 0.29) is 0 Å². The van der Waals surface area contributed by atoms with Gasteiger partial charge in [0.15, 0.2) is 5.84 Å². The van der Waals surface area contributed by atoms with Gasteiger partial charge in [0.2, 0.25) is 0 Å². The number of alkyl halides is 3. The first kappa shape index (κ1) is 25.6. The molecule has 0 radical (unpaired) electrons. The van der Waals surface area contributed by atoms with Crippen molar-refractivity contribution in [2.45, 2.75) is 39.3 Å². The molecule has 1 aliphatic heterocycles. The number of fused-ring (bicyclic) bond motifs is 1. The predicted octanol–water partition coefficient (Wildman–Crippen LogP) is 4.37. The molecule has 1 aliphatic rings. The van der Waals surface area contributed by atoms with Crippen LogP contribution in [0.25, 0.3) is 10.9 Å². The maximum atomic E-state index is 12.5. The van der Waals surface area contributed by atoms with E-state index < -0.39 is 12.7 Å². The van der Waals surface area contributed by atoms with Crippen LogP contribution in [-0.4, -0.2) is 41.5 Å². The Bertz CT molecular complexity index is 1080. The quantitative estimate of drug-likeness (QED) is 0.195. The minimum absolute atomic E-state index is 0.471. The first-order valence-electron chi connectivity index (χ1n) is 11.4. The molecule has 0 bridgehead atoms. The van der Waals surface area contributed by atoms with Crippen LogP contribution in [0, 0.1) is 19.8 Å². The molecule has 4 rings (SSSR count).